The van der Waals surface area contributed by atoms with E-state index in [1.807, 2.05) is 6.92 Å². The summed E-state index contributed by atoms with van der Waals surface area (Å²) in [5.41, 5.74) is 0.713. The largest absolute Gasteiger partial charge is 0.476 e. The van der Waals surface area contributed by atoms with Crippen molar-refractivity contribution in [2.24, 2.45) is 0 Å². The smallest absolute Gasteiger partial charge is 0.287 e. The van der Waals surface area contributed by atoms with Crippen LogP contribution < -0.4 is 10.1 Å². The Kier molecular flexibility index (Phi) is 5.64. The number of aryl methyl sites for hydroxylation is 2. The van der Waals surface area contributed by atoms with Gasteiger partial charge in [0.1, 0.15) is 29.5 Å². The van der Waals surface area contributed by atoms with Gasteiger partial charge in [-0.3, -0.25) is 10.1 Å². The highest BCUT2D eigenvalue weighted by Crippen LogP contribution is 2.23. The Bertz CT molecular complexity index is 694. The van der Waals surface area contributed by atoms with Gasteiger partial charge in [0.15, 0.2) is 0 Å². The number of aromatic nitrogens is 3. The van der Waals surface area contributed by atoms with Gasteiger partial charge < -0.3 is 10.1 Å². The maximum atomic E-state index is 10.5. The van der Waals surface area contributed by atoms with Crippen LogP contribution in [0.25, 0.3) is 0 Å². The highest BCUT2D eigenvalue weighted by Gasteiger charge is 2.09. The summed E-state index contributed by atoms with van der Waals surface area (Å²) in [6.07, 6.45) is 1.88. The van der Waals surface area contributed by atoms with E-state index in [1.54, 1.807) is 6.92 Å². The average molecular weight is 338 g/mol. The monoisotopic (exact) mass is 337 g/mol. The number of ether oxygens (including phenoxy) is 1. The maximum absolute atomic E-state index is 10.5. The van der Waals surface area contributed by atoms with Crippen LogP contribution in [0.2, 0.25) is 5.02 Å². The first-order chi connectivity index (χ1) is 11.0. The van der Waals surface area contributed by atoms with Crippen LogP contribution in [0.15, 0.2) is 18.3 Å². The van der Waals surface area contributed by atoms with Gasteiger partial charge >= 0.3 is 0 Å². The number of nitro groups is 1. The first kappa shape index (κ1) is 16.9. The molecule has 0 atom stereocenters. The van der Waals surface area contributed by atoms with Crippen molar-refractivity contribution < 1.29 is 9.66 Å². The van der Waals surface area contributed by atoms with Crippen LogP contribution in [-0.2, 0) is 6.42 Å². The van der Waals surface area contributed by atoms with Crippen molar-refractivity contribution in [2.75, 3.05) is 18.5 Å². The van der Waals surface area contributed by atoms with Gasteiger partial charge in [0.2, 0.25) is 5.88 Å². The van der Waals surface area contributed by atoms with Crippen LogP contribution in [-0.4, -0.2) is 33.0 Å². The van der Waals surface area contributed by atoms with E-state index in [0.717, 1.165) is 18.3 Å². The van der Waals surface area contributed by atoms with Crippen molar-refractivity contribution in [3.8, 4) is 5.88 Å². The molecule has 23 heavy (non-hydrogen) atoms. The number of rotatable bonds is 7. The second-order valence-electron chi connectivity index (χ2n) is 4.62. The molecule has 0 aliphatic heterocycles. The summed E-state index contributed by atoms with van der Waals surface area (Å²) in [5.74, 6) is 1.53. The van der Waals surface area contributed by atoms with Gasteiger partial charge in [-0.2, -0.15) is 0 Å². The summed E-state index contributed by atoms with van der Waals surface area (Å²) in [6.45, 7) is 4.54. The summed E-state index contributed by atoms with van der Waals surface area (Å²) in [7, 11) is 0. The topological polar surface area (TPSA) is 103 Å². The molecule has 0 spiro atoms. The number of nitrogens with zero attached hydrogens (tertiary/aromatic N) is 4. The quantitative estimate of drug-likeness (QED) is 0.470. The summed E-state index contributed by atoms with van der Waals surface area (Å²) in [4.78, 5) is 22.4. The minimum atomic E-state index is -0.511. The van der Waals surface area contributed by atoms with Crippen molar-refractivity contribution >= 4 is 23.1 Å². The van der Waals surface area contributed by atoms with Crippen LogP contribution in [0.3, 0.4) is 0 Å². The molecule has 0 saturated carbocycles. The summed E-state index contributed by atoms with van der Waals surface area (Å²) in [5, 5.41) is 14.1. The zero-order valence-electron chi connectivity index (χ0n) is 12.7. The Hall–Kier alpha value is -2.48. The van der Waals surface area contributed by atoms with E-state index in [4.69, 9.17) is 16.3 Å². The predicted octanol–water partition coefficient (Wildman–Crippen LogP) is 2.79. The summed E-state index contributed by atoms with van der Waals surface area (Å²) in [6, 6.07) is 2.79. The third-order valence-corrected chi connectivity index (χ3v) is 3.34. The van der Waals surface area contributed by atoms with E-state index < -0.39 is 4.92 Å². The van der Waals surface area contributed by atoms with E-state index >= 15 is 0 Å². The summed E-state index contributed by atoms with van der Waals surface area (Å²) < 4.78 is 5.41. The van der Waals surface area contributed by atoms with Gasteiger partial charge in [0.05, 0.1) is 17.2 Å². The molecule has 0 amide bonds. The molecular weight excluding hydrogens is 322 g/mol. The number of hydrogen-bond donors (Lipinski definition) is 1. The van der Waals surface area contributed by atoms with Crippen molar-refractivity contribution in [3.63, 3.8) is 0 Å². The van der Waals surface area contributed by atoms with Crippen LogP contribution in [0, 0.1) is 17.0 Å². The molecule has 9 heteroatoms. The molecule has 0 aromatic carbocycles. The van der Waals surface area contributed by atoms with Crippen molar-refractivity contribution in [1.29, 1.82) is 0 Å². The van der Waals surface area contributed by atoms with Crippen LogP contribution in [0.5, 0.6) is 5.88 Å². The first-order valence-corrected chi connectivity index (χ1v) is 7.39. The molecule has 0 unspecified atom stereocenters. The van der Waals surface area contributed by atoms with Gasteiger partial charge in [0, 0.05) is 12.1 Å². The van der Waals surface area contributed by atoms with Crippen LogP contribution in [0.4, 0.5) is 11.5 Å². The van der Waals surface area contributed by atoms with Crippen molar-refractivity contribution in [2.45, 2.75) is 20.3 Å². The number of nitrogens with one attached hydrogen (secondary N) is 1. The van der Waals surface area contributed by atoms with E-state index in [0.29, 0.717) is 35.7 Å². The zero-order chi connectivity index (χ0) is 16.8. The second-order valence-corrected chi connectivity index (χ2v) is 5.00. The average Bonchev–Trinajstić information content (AvgIpc) is 2.54. The molecule has 2 rings (SSSR count). The van der Waals surface area contributed by atoms with Gasteiger partial charge in [0.25, 0.3) is 5.69 Å². The normalized spacial score (nSPS) is 10.4. The highest BCUT2D eigenvalue weighted by atomic mass is 35.5. The molecule has 0 bridgehead atoms. The van der Waals surface area contributed by atoms with Crippen molar-refractivity contribution in [1.82, 2.24) is 15.0 Å². The van der Waals surface area contributed by atoms with Gasteiger partial charge in [-0.15, -0.1) is 0 Å². The SMILES string of the molecule is CCc1nc(C)nc(NCCOc2ccc([N+](=O)[O-])cn2)c1Cl. The number of anilines is 1. The Morgan fingerprint density at radius 2 is 2.17 bits per heavy atom. The fourth-order valence-corrected chi connectivity index (χ4v) is 2.14. The lowest BCUT2D eigenvalue weighted by molar-refractivity contribution is -0.385. The van der Waals surface area contributed by atoms with Gasteiger partial charge in [-0.1, -0.05) is 18.5 Å². The van der Waals surface area contributed by atoms with E-state index in [-0.39, 0.29) is 5.69 Å². The number of halogens is 1. The third kappa shape index (κ3) is 4.49. The molecule has 122 valence electrons. The Morgan fingerprint density at radius 3 is 2.78 bits per heavy atom. The molecule has 0 fully saturated rings. The predicted molar refractivity (Wildman–Crippen MR) is 86.0 cm³/mol. The van der Waals surface area contributed by atoms with Crippen molar-refractivity contribution in [3.05, 3.63) is 45.0 Å². The molecular formula is C14H16ClN5O3. The van der Waals surface area contributed by atoms with E-state index in [2.05, 4.69) is 20.3 Å². The van der Waals surface area contributed by atoms with Crippen LogP contribution >= 0.6 is 11.6 Å². The Labute approximate surface area is 138 Å². The minimum absolute atomic E-state index is 0.0780. The Morgan fingerprint density at radius 1 is 1.39 bits per heavy atom. The van der Waals surface area contributed by atoms with E-state index in [9.17, 15) is 10.1 Å². The first-order valence-electron chi connectivity index (χ1n) is 7.01. The fourth-order valence-electron chi connectivity index (χ4n) is 1.86. The molecule has 2 aromatic heterocycles. The van der Waals surface area contributed by atoms with Gasteiger partial charge in [-0.05, 0) is 13.3 Å². The van der Waals surface area contributed by atoms with E-state index in [1.165, 1.54) is 12.1 Å². The molecule has 8 nitrogen and oxygen atoms in total. The molecule has 0 aliphatic rings. The number of hydrogen-bond acceptors (Lipinski definition) is 7. The molecule has 1 N–H and O–H groups in total. The third-order valence-electron chi connectivity index (χ3n) is 2.94. The fraction of sp³-hybridized carbons (Fsp3) is 0.357. The van der Waals surface area contributed by atoms with Gasteiger partial charge in [-0.25, -0.2) is 15.0 Å². The molecule has 2 heterocycles. The lowest BCUT2D eigenvalue weighted by Gasteiger charge is -2.11. The second kappa shape index (κ2) is 7.68. The number of pyridine rings is 1. The summed E-state index contributed by atoms with van der Waals surface area (Å²) >= 11 is 6.22. The lowest BCUT2D eigenvalue weighted by atomic mass is 10.3. The zero-order valence-corrected chi connectivity index (χ0v) is 13.5. The Balaban J connectivity index is 1.88. The molecule has 2 aromatic rings. The standard InChI is InChI=1S/C14H16ClN5O3/c1-3-11-13(15)14(19-9(2)18-11)16-6-7-23-12-5-4-10(8-17-12)20(21)22/h4-5,8H,3,6-7H2,1-2H3,(H,16,18,19). The molecule has 0 saturated heterocycles. The molecule has 0 radical (unpaired) electrons. The highest BCUT2D eigenvalue weighted by molar-refractivity contribution is 6.33. The molecule has 0 aliphatic carbocycles. The van der Waals surface area contributed by atoms with Crippen LogP contribution in [0.1, 0.15) is 18.4 Å². The minimum Gasteiger partial charge on any atom is -0.476 e. The lowest BCUT2D eigenvalue weighted by Crippen LogP contribution is -2.14. The maximum Gasteiger partial charge on any atom is 0.287 e.